The summed E-state index contributed by atoms with van der Waals surface area (Å²) in [7, 11) is 3.15. The number of para-hydroxylation sites is 1. The first-order chi connectivity index (χ1) is 16.0. The number of carbonyl (C=O) groups excluding carboxylic acids is 2. The lowest BCUT2D eigenvalue weighted by Gasteiger charge is -2.16. The first-order valence-electron chi connectivity index (χ1n) is 10.6. The molecule has 0 aliphatic heterocycles. The number of nitrogens with one attached hydrogen (secondary N) is 2. The molecule has 33 heavy (non-hydrogen) atoms. The van der Waals surface area contributed by atoms with Crippen molar-refractivity contribution >= 4 is 29.3 Å². The molecule has 0 aromatic heterocycles. The standard InChI is InChI=1S/C26H28N2O4S/c1-18(33-20-13-14-23(31-2)24(17-20)32-3)25(29)28-22-12-8-7-11-21(22)26(30)27-16-15-19-9-5-4-6-10-19/h4-14,17-18H,15-16H2,1-3H3,(H,27,30)(H,28,29)/t18-/m0/s1. The zero-order valence-electron chi connectivity index (χ0n) is 19.0. The molecule has 3 rings (SSSR count). The molecule has 6 nitrogen and oxygen atoms in total. The topological polar surface area (TPSA) is 76.7 Å². The summed E-state index contributed by atoms with van der Waals surface area (Å²) < 4.78 is 10.6. The van der Waals surface area contributed by atoms with Gasteiger partial charge in [0.25, 0.3) is 5.91 Å². The molecule has 172 valence electrons. The minimum absolute atomic E-state index is 0.195. The lowest BCUT2D eigenvalue weighted by Crippen LogP contribution is -2.28. The fraction of sp³-hybridized carbons (Fsp3) is 0.231. The van der Waals surface area contributed by atoms with Gasteiger partial charge in [0, 0.05) is 11.4 Å². The minimum atomic E-state index is -0.391. The average Bonchev–Trinajstić information content (AvgIpc) is 2.84. The van der Waals surface area contributed by atoms with E-state index in [1.54, 1.807) is 44.6 Å². The summed E-state index contributed by atoms with van der Waals surface area (Å²) >= 11 is 1.40. The highest BCUT2D eigenvalue weighted by Crippen LogP contribution is 2.33. The number of thioether (sulfide) groups is 1. The molecular formula is C26H28N2O4S. The van der Waals surface area contributed by atoms with E-state index in [1.807, 2.05) is 49.4 Å². The number of anilines is 1. The first kappa shape index (κ1) is 24.2. The molecule has 2 N–H and O–H groups in total. The Morgan fingerprint density at radius 3 is 2.33 bits per heavy atom. The fourth-order valence-electron chi connectivity index (χ4n) is 3.23. The molecule has 0 fully saturated rings. The molecular weight excluding hydrogens is 436 g/mol. The van der Waals surface area contributed by atoms with Gasteiger partial charge in [0.1, 0.15) is 0 Å². The monoisotopic (exact) mass is 464 g/mol. The van der Waals surface area contributed by atoms with E-state index in [4.69, 9.17) is 9.47 Å². The maximum Gasteiger partial charge on any atom is 0.253 e. The number of ether oxygens (including phenoxy) is 2. The predicted molar refractivity (Wildman–Crippen MR) is 132 cm³/mol. The molecule has 1 atom stereocenters. The summed E-state index contributed by atoms with van der Waals surface area (Å²) in [6.45, 7) is 2.33. The summed E-state index contributed by atoms with van der Waals surface area (Å²) in [5, 5.41) is 5.44. The van der Waals surface area contributed by atoms with Gasteiger partial charge in [0.05, 0.1) is 30.7 Å². The van der Waals surface area contributed by atoms with Crippen LogP contribution in [-0.4, -0.2) is 37.8 Å². The number of carbonyl (C=O) groups is 2. The van der Waals surface area contributed by atoms with Crippen molar-refractivity contribution in [2.75, 3.05) is 26.1 Å². The van der Waals surface area contributed by atoms with Crippen LogP contribution in [0.3, 0.4) is 0 Å². The third-order valence-electron chi connectivity index (χ3n) is 5.01. The van der Waals surface area contributed by atoms with Crippen LogP contribution in [0.1, 0.15) is 22.8 Å². The van der Waals surface area contributed by atoms with Crippen molar-refractivity contribution in [3.8, 4) is 11.5 Å². The lowest BCUT2D eigenvalue weighted by molar-refractivity contribution is -0.115. The highest BCUT2D eigenvalue weighted by Gasteiger charge is 2.19. The minimum Gasteiger partial charge on any atom is -0.493 e. The maximum absolute atomic E-state index is 12.8. The Morgan fingerprint density at radius 1 is 0.909 bits per heavy atom. The van der Waals surface area contributed by atoms with Gasteiger partial charge in [-0.15, -0.1) is 11.8 Å². The highest BCUT2D eigenvalue weighted by molar-refractivity contribution is 8.00. The largest absolute Gasteiger partial charge is 0.493 e. The molecule has 0 saturated carbocycles. The number of benzene rings is 3. The van der Waals surface area contributed by atoms with Crippen LogP contribution >= 0.6 is 11.8 Å². The van der Waals surface area contributed by atoms with Gasteiger partial charge in [-0.3, -0.25) is 9.59 Å². The SMILES string of the molecule is COc1ccc(S[C@@H](C)C(=O)Nc2ccccc2C(=O)NCCc2ccccc2)cc1OC. The third-order valence-corrected chi connectivity index (χ3v) is 6.10. The van der Waals surface area contributed by atoms with Crippen LogP contribution in [0, 0.1) is 0 Å². The van der Waals surface area contributed by atoms with E-state index >= 15 is 0 Å². The second-order valence-electron chi connectivity index (χ2n) is 7.30. The van der Waals surface area contributed by atoms with E-state index in [0.717, 1.165) is 16.9 Å². The number of hydrogen-bond donors (Lipinski definition) is 2. The summed E-state index contributed by atoms with van der Waals surface area (Å²) in [5.41, 5.74) is 2.07. The quantitative estimate of drug-likeness (QED) is 0.422. The summed E-state index contributed by atoms with van der Waals surface area (Å²) in [6, 6.07) is 22.5. The van der Waals surface area contributed by atoms with E-state index in [0.29, 0.717) is 29.3 Å². The van der Waals surface area contributed by atoms with Crippen molar-refractivity contribution in [1.82, 2.24) is 5.32 Å². The molecule has 0 bridgehead atoms. The third kappa shape index (κ3) is 6.76. The molecule has 3 aromatic carbocycles. The van der Waals surface area contributed by atoms with Gasteiger partial charge in [0.2, 0.25) is 5.91 Å². The molecule has 2 amide bonds. The average molecular weight is 465 g/mol. The molecule has 3 aromatic rings. The number of methoxy groups -OCH3 is 2. The zero-order valence-corrected chi connectivity index (χ0v) is 19.8. The van der Waals surface area contributed by atoms with E-state index in [-0.39, 0.29) is 11.8 Å². The second-order valence-corrected chi connectivity index (χ2v) is 8.72. The molecule has 0 unspecified atom stereocenters. The van der Waals surface area contributed by atoms with Gasteiger partial charge in [-0.2, -0.15) is 0 Å². The van der Waals surface area contributed by atoms with Crippen molar-refractivity contribution in [3.63, 3.8) is 0 Å². The van der Waals surface area contributed by atoms with Crippen molar-refractivity contribution in [3.05, 3.63) is 83.9 Å². The van der Waals surface area contributed by atoms with Crippen molar-refractivity contribution in [2.24, 2.45) is 0 Å². The van der Waals surface area contributed by atoms with Crippen LogP contribution in [-0.2, 0) is 11.2 Å². The van der Waals surface area contributed by atoms with Crippen molar-refractivity contribution in [1.29, 1.82) is 0 Å². The number of hydrogen-bond acceptors (Lipinski definition) is 5. The normalized spacial score (nSPS) is 11.4. The maximum atomic E-state index is 12.8. The smallest absolute Gasteiger partial charge is 0.253 e. The van der Waals surface area contributed by atoms with Crippen LogP contribution in [0.2, 0.25) is 0 Å². The van der Waals surface area contributed by atoms with Crippen molar-refractivity contribution < 1.29 is 19.1 Å². The van der Waals surface area contributed by atoms with Gasteiger partial charge in [-0.1, -0.05) is 42.5 Å². The summed E-state index contributed by atoms with van der Waals surface area (Å²) in [5.74, 6) is 0.820. The van der Waals surface area contributed by atoms with Gasteiger partial charge < -0.3 is 20.1 Å². The van der Waals surface area contributed by atoms with Crippen LogP contribution in [0.15, 0.2) is 77.7 Å². The van der Waals surface area contributed by atoms with E-state index < -0.39 is 5.25 Å². The predicted octanol–water partition coefficient (Wildman–Crippen LogP) is 4.80. The molecule has 0 aliphatic rings. The summed E-state index contributed by atoms with van der Waals surface area (Å²) in [6.07, 6.45) is 0.736. The molecule has 7 heteroatoms. The van der Waals surface area contributed by atoms with Crippen LogP contribution in [0.4, 0.5) is 5.69 Å². The Bertz CT molecular complexity index is 1090. The number of rotatable bonds is 10. The Morgan fingerprint density at radius 2 is 1.61 bits per heavy atom. The molecule has 0 aliphatic carbocycles. The Kier molecular flexibility index (Phi) is 8.78. The second kappa shape index (κ2) is 12.0. The van der Waals surface area contributed by atoms with E-state index in [2.05, 4.69) is 10.6 Å². The van der Waals surface area contributed by atoms with Gasteiger partial charge in [-0.05, 0) is 49.2 Å². The van der Waals surface area contributed by atoms with Gasteiger partial charge in [0.15, 0.2) is 11.5 Å². The molecule has 0 saturated heterocycles. The highest BCUT2D eigenvalue weighted by atomic mass is 32.2. The van der Waals surface area contributed by atoms with E-state index in [9.17, 15) is 9.59 Å². The van der Waals surface area contributed by atoms with Gasteiger partial charge in [-0.25, -0.2) is 0 Å². The molecule has 0 radical (unpaired) electrons. The van der Waals surface area contributed by atoms with E-state index in [1.165, 1.54) is 11.8 Å². The Labute approximate surface area is 198 Å². The fourth-order valence-corrected chi connectivity index (χ4v) is 4.13. The summed E-state index contributed by atoms with van der Waals surface area (Å²) in [4.78, 5) is 26.5. The molecule has 0 spiro atoms. The zero-order chi connectivity index (χ0) is 23.6. The van der Waals surface area contributed by atoms with Crippen LogP contribution < -0.4 is 20.1 Å². The van der Waals surface area contributed by atoms with Crippen molar-refractivity contribution in [2.45, 2.75) is 23.5 Å². The van der Waals surface area contributed by atoms with Gasteiger partial charge >= 0.3 is 0 Å². The Hall–Kier alpha value is -3.45. The first-order valence-corrected chi connectivity index (χ1v) is 11.5. The number of amides is 2. The Balaban J connectivity index is 1.61. The van der Waals surface area contributed by atoms with Crippen LogP contribution in [0.5, 0.6) is 11.5 Å². The van der Waals surface area contributed by atoms with Crippen LogP contribution in [0.25, 0.3) is 0 Å². The lowest BCUT2D eigenvalue weighted by atomic mass is 10.1. The molecule has 0 heterocycles.